The van der Waals surface area contributed by atoms with Crippen molar-refractivity contribution < 1.29 is 17.9 Å². The van der Waals surface area contributed by atoms with Gasteiger partial charge in [0.15, 0.2) is 0 Å². The fourth-order valence-corrected chi connectivity index (χ4v) is 5.68. The van der Waals surface area contributed by atoms with E-state index in [9.17, 15) is 13.2 Å². The van der Waals surface area contributed by atoms with Crippen LogP contribution < -0.4 is 5.32 Å². The summed E-state index contributed by atoms with van der Waals surface area (Å²) >= 11 is 1.25. The lowest BCUT2D eigenvalue weighted by Crippen LogP contribution is -2.40. The van der Waals surface area contributed by atoms with E-state index in [1.807, 2.05) is 18.2 Å². The average molecular weight is 393 g/mol. The number of thiophene rings is 1. The van der Waals surface area contributed by atoms with Crippen LogP contribution in [-0.2, 0) is 14.8 Å². The largest absolute Gasteiger partial charge is 0.379 e. The number of nitrogens with one attached hydrogen (secondary N) is 1. The van der Waals surface area contributed by atoms with Crippen molar-refractivity contribution in [3.63, 3.8) is 0 Å². The number of hydrogen-bond acceptors (Lipinski definition) is 5. The van der Waals surface area contributed by atoms with Gasteiger partial charge in [-0.05, 0) is 42.7 Å². The van der Waals surface area contributed by atoms with Crippen LogP contribution in [0.1, 0.15) is 23.2 Å². The smallest absolute Gasteiger partial charge is 0.252 e. The first-order valence-corrected chi connectivity index (χ1v) is 10.9. The zero-order valence-electron chi connectivity index (χ0n) is 14.2. The Labute approximate surface area is 156 Å². The Morgan fingerprint density at radius 3 is 2.42 bits per heavy atom. The summed E-state index contributed by atoms with van der Waals surface area (Å²) in [5.41, 5.74) is 1.53. The van der Waals surface area contributed by atoms with Gasteiger partial charge in [0.05, 0.1) is 13.2 Å². The molecule has 0 bridgehead atoms. The number of carbonyl (C=O) groups is 1. The van der Waals surface area contributed by atoms with Crippen LogP contribution in [0.25, 0.3) is 10.4 Å². The van der Waals surface area contributed by atoms with E-state index >= 15 is 0 Å². The molecular weight excluding hydrogens is 372 g/mol. The molecule has 1 aromatic carbocycles. The highest BCUT2D eigenvalue weighted by molar-refractivity contribution is 7.91. The van der Waals surface area contributed by atoms with Crippen LogP contribution in [0.15, 0.2) is 40.6 Å². The molecule has 1 N–H and O–H groups in total. The Hall–Kier alpha value is -1.74. The van der Waals surface area contributed by atoms with Crippen LogP contribution in [-0.4, -0.2) is 51.0 Å². The third-order valence-corrected chi connectivity index (χ3v) is 7.99. The molecule has 26 heavy (non-hydrogen) atoms. The van der Waals surface area contributed by atoms with Crippen LogP contribution in [0.3, 0.4) is 0 Å². The number of hydrogen-bond donors (Lipinski definition) is 1. The summed E-state index contributed by atoms with van der Waals surface area (Å²) in [6.45, 7) is 1.64. The first-order chi connectivity index (χ1) is 12.5. The minimum atomic E-state index is -3.47. The van der Waals surface area contributed by atoms with Gasteiger partial charge in [-0.2, -0.15) is 4.31 Å². The molecule has 2 aliphatic rings. The lowest BCUT2D eigenvalue weighted by Gasteiger charge is -2.25. The second-order valence-corrected chi connectivity index (χ2v) is 9.71. The SMILES string of the molecule is O=C(NC1CC1)c1ccc(-c2ccc(S(=O)(=O)N3CCOCC3)s2)cc1. The number of benzene rings is 1. The minimum absolute atomic E-state index is 0.0548. The van der Waals surface area contributed by atoms with Gasteiger partial charge in [0.1, 0.15) is 4.21 Å². The maximum absolute atomic E-state index is 12.7. The summed E-state index contributed by atoms with van der Waals surface area (Å²) in [4.78, 5) is 12.9. The van der Waals surface area contributed by atoms with Crippen LogP contribution in [0.5, 0.6) is 0 Å². The third-order valence-electron chi connectivity index (χ3n) is 4.49. The van der Waals surface area contributed by atoms with Crippen molar-refractivity contribution in [3.05, 3.63) is 42.0 Å². The Kier molecular flexibility index (Phi) is 4.83. The molecule has 1 aliphatic carbocycles. The van der Waals surface area contributed by atoms with Crippen molar-refractivity contribution in [2.24, 2.45) is 0 Å². The molecule has 0 spiro atoms. The Morgan fingerprint density at radius 1 is 1.08 bits per heavy atom. The van der Waals surface area contributed by atoms with Gasteiger partial charge in [-0.25, -0.2) is 8.42 Å². The predicted molar refractivity (Wildman–Crippen MR) is 99.8 cm³/mol. The normalized spacial score (nSPS) is 18.6. The van der Waals surface area contributed by atoms with Crippen molar-refractivity contribution in [2.45, 2.75) is 23.1 Å². The van der Waals surface area contributed by atoms with Gasteiger partial charge in [0, 0.05) is 29.6 Å². The van der Waals surface area contributed by atoms with E-state index in [1.165, 1.54) is 15.6 Å². The molecule has 1 saturated heterocycles. The first kappa shape index (κ1) is 17.7. The van der Waals surface area contributed by atoms with Gasteiger partial charge in [-0.3, -0.25) is 4.79 Å². The van der Waals surface area contributed by atoms with Crippen molar-refractivity contribution in [2.75, 3.05) is 26.3 Å². The minimum Gasteiger partial charge on any atom is -0.379 e. The highest BCUT2D eigenvalue weighted by Gasteiger charge is 2.28. The molecule has 138 valence electrons. The van der Waals surface area contributed by atoms with E-state index in [1.54, 1.807) is 18.2 Å². The second kappa shape index (κ2) is 7.11. The van der Waals surface area contributed by atoms with Crippen molar-refractivity contribution >= 4 is 27.3 Å². The maximum Gasteiger partial charge on any atom is 0.252 e. The fourth-order valence-electron chi connectivity index (χ4n) is 2.81. The van der Waals surface area contributed by atoms with Gasteiger partial charge in [-0.1, -0.05) is 12.1 Å². The molecule has 4 rings (SSSR count). The molecule has 2 fully saturated rings. The molecule has 2 aromatic rings. The summed E-state index contributed by atoms with van der Waals surface area (Å²) in [6, 6.07) is 11.1. The number of ether oxygens (including phenoxy) is 1. The van der Waals surface area contributed by atoms with Gasteiger partial charge < -0.3 is 10.1 Å². The monoisotopic (exact) mass is 392 g/mol. The number of rotatable bonds is 5. The molecule has 1 saturated carbocycles. The molecular formula is C18H20N2O4S2. The zero-order valence-corrected chi connectivity index (χ0v) is 15.8. The van der Waals surface area contributed by atoms with E-state index in [0.29, 0.717) is 42.1 Å². The fraction of sp³-hybridized carbons (Fsp3) is 0.389. The van der Waals surface area contributed by atoms with Crippen LogP contribution >= 0.6 is 11.3 Å². The van der Waals surface area contributed by atoms with Crippen molar-refractivity contribution in [1.82, 2.24) is 9.62 Å². The maximum atomic E-state index is 12.7. The van der Waals surface area contributed by atoms with Crippen molar-refractivity contribution in [1.29, 1.82) is 0 Å². The second-order valence-electron chi connectivity index (χ2n) is 6.46. The molecule has 0 atom stereocenters. The number of morpholine rings is 1. The number of carbonyl (C=O) groups excluding carboxylic acids is 1. The number of nitrogens with zero attached hydrogens (tertiary/aromatic N) is 1. The van der Waals surface area contributed by atoms with E-state index in [2.05, 4.69) is 5.32 Å². The van der Waals surface area contributed by atoms with E-state index < -0.39 is 10.0 Å². The lowest BCUT2D eigenvalue weighted by molar-refractivity contribution is 0.0731. The molecule has 0 radical (unpaired) electrons. The lowest BCUT2D eigenvalue weighted by atomic mass is 10.1. The summed E-state index contributed by atoms with van der Waals surface area (Å²) in [7, 11) is -3.47. The summed E-state index contributed by atoms with van der Waals surface area (Å²) in [5, 5.41) is 2.96. The van der Waals surface area contributed by atoms with E-state index in [-0.39, 0.29) is 5.91 Å². The van der Waals surface area contributed by atoms with Gasteiger partial charge in [0.25, 0.3) is 15.9 Å². The van der Waals surface area contributed by atoms with Crippen LogP contribution in [0.2, 0.25) is 0 Å². The first-order valence-electron chi connectivity index (χ1n) is 8.63. The van der Waals surface area contributed by atoms with Crippen molar-refractivity contribution in [3.8, 4) is 10.4 Å². The van der Waals surface area contributed by atoms with Gasteiger partial charge in [0.2, 0.25) is 0 Å². The highest BCUT2D eigenvalue weighted by Crippen LogP contribution is 2.32. The molecule has 1 amide bonds. The Bertz CT molecular complexity index is 896. The molecule has 1 aromatic heterocycles. The predicted octanol–water partition coefficient (Wildman–Crippen LogP) is 2.33. The number of amides is 1. The molecule has 0 unspecified atom stereocenters. The summed E-state index contributed by atoms with van der Waals surface area (Å²) < 4.78 is 32.5. The van der Waals surface area contributed by atoms with E-state index in [0.717, 1.165) is 23.3 Å². The third kappa shape index (κ3) is 3.68. The van der Waals surface area contributed by atoms with Crippen LogP contribution in [0.4, 0.5) is 0 Å². The van der Waals surface area contributed by atoms with E-state index in [4.69, 9.17) is 4.74 Å². The highest BCUT2D eigenvalue weighted by atomic mass is 32.2. The van der Waals surface area contributed by atoms with Crippen LogP contribution in [0, 0.1) is 0 Å². The number of sulfonamides is 1. The average Bonchev–Trinajstić information content (AvgIpc) is 3.33. The zero-order chi connectivity index (χ0) is 18.1. The summed E-state index contributed by atoms with van der Waals surface area (Å²) in [5.74, 6) is -0.0548. The molecule has 2 heterocycles. The van der Waals surface area contributed by atoms with Gasteiger partial charge >= 0.3 is 0 Å². The Morgan fingerprint density at radius 2 is 1.77 bits per heavy atom. The quantitative estimate of drug-likeness (QED) is 0.847. The molecule has 6 nitrogen and oxygen atoms in total. The van der Waals surface area contributed by atoms with Gasteiger partial charge in [-0.15, -0.1) is 11.3 Å². The Balaban J connectivity index is 1.51. The standard InChI is InChI=1S/C18H20N2O4S2/c21-18(19-15-5-6-15)14-3-1-13(2-4-14)16-7-8-17(25-16)26(22,23)20-9-11-24-12-10-20/h1-4,7-8,15H,5-6,9-12H2,(H,19,21). The summed E-state index contributed by atoms with van der Waals surface area (Å²) in [6.07, 6.45) is 2.11. The topological polar surface area (TPSA) is 75.7 Å². The molecule has 1 aliphatic heterocycles. The molecule has 8 heteroatoms.